The molecule has 2 N–H and O–H groups in total. The predicted molar refractivity (Wildman–Crippen MR) is 118 cm³/mol. The van der Waals surface area contributed by atoms with Crippen molar-refractivity contribution in [2.45, 2.75) is 31.6 Å². The van der Waals surface area contributed by atoms with E-state index in [9.17, 15) is 0 Å². The van der Waals surface area contributed by atoms with E-state index in [-0.39, 0.29) is 0 Å². The molecule has 4 nitrogen and oxygen atoms in total. The van der Waals surface area contributed by atoms with Crippen molar-refractivity contribution in [2.24, 2.45) is 0 Å². The van der Waals surface area contributed by atoms with Crippen molar-refractivity contribution in [3.05, 3.63) is 72.9 Å². The van der Waals surface area contributed by atoms with E-state index in [2.05, 4.69) is 74.5 Å². The lowest BCUT2D eigenvalue weighted by Crippen LogP contribution is -1.94. The molecule has 1 fully saturated rings. The standard InChI is InChI=1S/C25H22N4/c1-2-4-18(3-1)25-26-14-23(29-25)17-7-5-16(6-8-17)19-9-11-21-20(13-19)10-12-22-24(21)28-15-27-22/h5-15,18H,1-4H2,(H,26,29)(H,27,28). The van der Waals surface area contributed by atoms with E-state index < -0.39 is 0 Å². The number of benzene rings is 3. The molecular weight excluding hydrogens is 356 g/mol. The molecule has 29 heavy (non-hydrogen) atoms. The predicted octanol–water partition coefficient (Wildman–Crippen LogP) is 6.43. The van der Waals surface area contributed by atoms with Crippen LogP contribution in [0.25, 0.3) is 44.2 Å². The van der Waals surface area contributed by atoms with Gasteiger partial charge in [0.25, 0.3) is 0 Å². The fourth-order valence-electron chi connectivity index (χ4n) is 4.65. The highest BCUT2D eigenvalue weighted by atomic mass is 14.9. The number of aromatic amines is 2. The first kappa shape index (κ1) is 16.5. The summed E-state index contributed by atoms with van der Waals surface area (Å²) >= 11 is 0. The Kier molecular flexibility index (Phi) is 3.76. The summed E-state index contributed by atoms with van der Waals surface area (Å²) in [5, 5.41) is 2.39. The summed E-state index contributed by atoms with van der Waals surface area (Å²) in [6.45, 7) is 0. The largest absolute Gasteiger partial charge is 0.345 e. The van der Waals surface area contributed by atoms with Crippen molar-refractivity contribution >= 4 is 21.8 Å². The average Bonchev–Trinajstić information content (AvgIpc) is 3.54. The number of aromatic nitrogens is 4. The van der Waals surface area contributed by atoms with E-state index >= 15 is 0 Å². The van der Waals surface area contributed by atoms with Crippen LogP contribution in [0.15, 0.2) is 67.1 Å². The molecule has 0 spiro atoms. The lowest BCUT2D eigenvalue weighted by atomic mass is 9.99. The summed E-state index contributed by atoms with van der Waals surface area (Å²) in [5.41, 5.74) is 6.83. The summed E-state index contributed by atoms with van der Waals surface area (Å²) in [5.74, 6) is 1.77. The lowest BCUT2D eigenvalue weighted by Gasteiger charge is -2.07. The van der Waals surface area contributed by atoms with Gasteiger partial charge in [-0.15, -0.1) is 0 Å². The number of H-pyrrole nitrogens is 2. The summed E-state index contributed by atoms with van der Waals surface area (Å²) in [4.78, 5) is 15.8. The van der Waals surface area contributed by atoms with Crippen LogP contribution in [0.5, 0.6) is 0 Å². The molecule has 5 aromatic rings. The van der Waals surface area contributed by atoms with Gasteiger partial charge in [-0.25, -0.2) is 9.97 Å². The van der Waals surface area contributed by atoms with Crippen molar-refractivity contribution < 1.29 is 0 Å². The van der Waals surface area contributed by atoms with Crippen LogP contribution in [-0.2, 0) is 0 Å². The summed E-state index contributed by atoms with van der Waals surface area (Å²) < 4.78 is 0. The van der Waals surface area contributed by atoms with Gasteiger partial charge in [-0.3, -0.25) is 0 Å². The zero-order chi connectivity index (χ0) is 19.2. The van der Waals surface area contributed by atoms with Crippen LogP contribution in [0.2, 0.25) is 0 Å². The molecule has 1 aliphatic carbocycles. The average molecular weight is 378 g/mol. The van der Waals surface area contributed by atoms with Gasteiger partial charge in [0.05, 0.1) is 29.3 Å². The Bertz CT molecular complexity index is 1300. The van der Waals surface area contributed by atoms with Gasteiger partial charge >= 0.3 is 0 Å². The van der Waals surface area contributed by atoms with Gasteiger partial charge in [-0.1, -0.05) is 55.3 Å². The monoisotopic (exact) mass is 378 g/mol. The fourth-order valence-corrected chi connectivity index (χ4v) is 4.65. The Hall–Kier alpha value is -3.40. The van der Waals surface area contributed by atoms with Crippen LogP contribution in [-0.4, -0.2) is 19.9 Å². The lowest BCUT2D eigenvalue weighted by molar-refractivity contribution is 0.679. The number of nitrogens with zero attached hydrogens (tertiary/aromatic N) is 2. The molecule has 2 heterocycles. The minimum Gasteiger partial charge on any atom is -0.345 e. The summed E-state index contributed by atoms with van der Waals surface area (Å²) in [6, 6.07) is 19.6. The van der Waals surface area contributed by atoms with Gasteiger partial charge in [-0.05, 0) is 47.1 Å². The van der Waals surface area contributed by atoms with E-state index in [1.165, 1.54) is 53.1 Å². The Morgan fingerprint density at radius 2 is 1.59 bits per heavy atom. The molecule has 0 bridgehead atoms. The molecule has 0 aliphatic heterocycles. The van der Waals surface area contributed by atoms with E-state index in [4.69, 9.17) is 0 Å². The Labute approximate surface area is 169 Å². The highest BCUT2D eigenvalue weighted by Crippen LogP contribution is 2.34. The molecule has 142 valence electrons. The van der Waals surface area contributed by atoms with E-state index in [0.29, 0.717) is 5.92 Å². The third-order valence-electron chi connectivity index (χ3n) is 6.27. The van der Waals surface area contributed by atoms with E-state index in [0.717, 1.165) is 22.6 Å². The second-order valence-electron chi connectivity index (χ2n) is 8.04. The topological polar surface area (TPSA) is 57.4 Å². The molecule has 0 unspecified atom stereocenters. The zero-order valence-electron chi connectivity index (χ0n) is 16.2. The molecule has 0 radical (unpaired) electrons. The summed E-state index contributed by atoms with van der Waals surface area (Å²) in [7, 11) is 0. The summed E-state index contributed by atoms with van der Waals surface area (Å²) in [6.07, 6.45) is 8.91. The fraction of sp³-hybridized carbons (Fsp3) is 0.200. The Balaban J connectivity index is 1.31. The molecule has 4 heteroatoms. The minimum absolute atomic E-state index is 0.613. The number of nitrogens with one attached hydrogen (secondary N) is 2. The maximum absolute atomic E-state index is 4.65. The van der Waals surface area contributed by atoms with Crippen LogP contribution >= 0.6 is 0 Å². The van der Waals surface area contributed by atoms with Crippen molar-refractivity contribution in [1.29, 1.82) is 0 Å². The van der Waals surface area contributed by atoms with Crippen LogP contribution in [0.4, 0.5) is 0 Å². The maximum Gasteiger partial charge on any atom is 0.109 e. The molecule has 1 saturated carbocycles. The zero-order valence-corrected chi connectivity index (χ0v) is 16.2. The van der Waals surface area contributed by atoms with Gasteiger partial charge < -0.3 is 9.97 Å². The number of hydrogen-bond donors (Lipinski definition) is 2. The minimum atomic E-state index is 0.613. The van der Waals surface area contributed by atoms with Crippen molar-refractivity contribution in [3.63, 3.8) is 0 Å². The second kappa shape index (κ2) is 6.59. The number of fused-ring (bicyclic) bond motifs is 3. The molecule has 0 saturated heterocycles. The van der Waals surface area contributed by atoms with Crippen molar-refractivity contribution in [3.8, 4) is 22.4 Å². The van der Waals surface area contributed by atoms with Crippen LogP contribution in [0.1, 0.15) is 37.4 Å². The van der Waals surface area contributed by atoms with E-state index in [1.54, 1.807) is 6.33 Å². The Morgan fingerprint density at radius 3 is 2.45 bits per heavy atom. The molecule has 0 amide bonds. The van der Waals surface area contributed by atoms with E-state index in [1.807, 2.05) is 6.20 Å². The first-order valence-electron chi connectivity index (χ1n) is 10.4. The van der Waals surface area contributed by atoms with Crippen molar-refractivity contribution in [2.75, 3.05) is 0 Å². The van der Waals surface area contributed by atoms with Gasteiger partial charge in [-0.2, -0.15) is 0 Å². The molecule has 1 aliphatic rings. The maximum atomic E-state index is 4.65. The second-order valence-corrected chi connectivity index (χ2v) is 8.04. The van der Waals surface area contributed by atoms with Gasteiger partial charge in [0, 0.05) is 11.3 Å². The molecule has 0 atom stereocenters. The molecular formula is C25H22N4. The SMILES string of the molecule is c1nc2c(ccc3cc(-c4ccc(-c5cnc(C6CCCC6)[nH]5)cc4)ccc32)[nH]1. The number of rotatable bonds is 3. The first-order chi connectivity index (χ1) is 14.3. The van der Waals surface area contributed by atoms with Crippen LogP contribution in [0, 0.1) is 0 Å². The third-order valence-corrected chi connectivity index (χ3v) is 6.27. The first-order valence-corrected chi connectivity index (χ1v) is 10.4. The normalized spacial score (nSPS) is 14.9. The van der Waals surface area contributed by atoms with Crippen LogP contribution in [0.3, 0.4) is 0 Å². The highest BCUT2D eigenvalue weighted by molar-refractivity contribution is 6.05. The van der Waals surface area contributed by atoms with Gasteiger partial charge in [0.2, 0.25) is 0 Å². The quantitative estimate of drug-likeness (QED) is 0.380. The number of hydrogen-bond acceptors (Lipinski definition) is 2. The van der Waals surface area contributed by atoms with Crippen molar-refractivity contribution in [1.82, 2.24) is 19.9 Å². The third kappa shape index (κ3) is 2.83. The smallest absolute Gasteiger partial charge is 0.109 e. The molecule has 2 aromatic heterocycles. The van der Waals surface area contributed by atoms with Gasteiger partial charge in [0.1, 0.15) is 5.82 Å². The van der Waals surface area contributed by atoms with Crippen LogP contribution < -0.4 is 0 Å². The van der Waals surface area contributed by atoms with Gasteiger partial charge in [0.15, 0.2) is 0 Å². The molecule has 6 rings (SSSR count). The highest BCUT2D eigenvalue weighted by Gasteiger charge is 2.20. The molecule has 3 aromatic carbocycles. The Morgan fingerprint density at radius 1 is 0.793 bits per heavy atom. The number of imidazole rings is 2.